The lowest BCUT2D eigenvalue weighted by atomic mass is 10.1. The molecule has 0 aromatic heterocycles. The van der Waals surface area contributed by atoms with Crippen LogP contribution in [0.25, 0.3) is 0 Å². The highest BCUT2D eigenvalue weighted by molar-refractivity contribution is 5.95. The molecule has 1 aromatic rings. The molecule has 0 spiro atoms. The maximum atomic E-state index is 13.7. The third-order valence-electron chi connectivity index (χ3n) is 2.78. The van der Waals surface area contributed by atoms with Gasteiger partial charge in [-0.2, -0.15) is 0 Å². The van der Waals surface area contributed by atoms with Crippen molar-refractivity contribution in [3.05, 3.63) is 23.5 Å². The van der Waals surface area contributed by atoms with E-state index in [4.69, 9.17) is 19.9 Å². The summed E-state index contributed by atoms with van der Waals surface area (Å²) in [5.74, 6) is -1.20. The summed E-state index contributed by atoms with van der Waals surface area (Å²) in [6.07, 6.45) is 0.492. The number of rotatable bonds is 4. The monoisotopic (exact) mass is 269 g/mol. The standard InChI is InChI=1S/C13H16FNO4/c1-2-18-13(16)9-5-12(10(14)6-11(9)15)19-8-3-4-17-7-8/h5-6,8H,2-4,7,15H2,1H3. The smallest absolute Gasteiger partial charge is 0.340 e. The summed E-state index contributed by atoms with van der Waals surface area (Å²) < 4.78 is 29.2. The number of hydrogen-bond acceptors (Lipinski definition) is 5. The number of esters is 1. The quantitative estimate of drug-likeness (QED) is 0.666. The van der Waals surface area contributed by atoms with Gasteiger partial charge in [0.2, 0.25) is 0 Å². The Hall–Kier alpha value is -1.82. The highest BCUT2D eigenvalue weighted by Crippen LogP contribution is 2.27. The first-order valence-electron chi connectivity index (χ1n) is 6.12. The molecule has 5 nitrogen and oxygen atoms in total. The van der Waals surface area contributed by atoms with Gasteiger partial charge in [-0.1, -0.05) is 0 Å². The van der Waals surface area contributed by atoms with Gasteiger partial charge in [-0.15, -0.1) is 0 Å². The van der Waals surface area contributed by atoms with E-state index >= 15 is 0 Å². The summed E-state index contributed by atoms with van der Waals surface area (Å²) in [5, 5.41) is 0. The van der Waals surface area contributed by atoms with E-state index < -0.39 is 11.8 Å². The molecule has 0 aliphatic carbocycles. The minimum Gasteiger partial charge on any atom is -0.485 e. The van der Waals surface area contributed by atoms with Crippen LogP contribution in [0.3, 0.4) is 0 Å². The molecule has 0 bridgehead atoms. The topological polar surface area (TPSA) is 70.8 Å². The molecule has 2 N–H and O–H groups in total. The Kier molecular flexibility index (Phi) is 4.21. The number of nitrogen functional groups attached to an aromatic ring is 1. The molecule has 2 rings (SSSR count). The van der Waals surface area contributed by atoms with Gasteiger partial charge in [-0.3, -0.25) is 0 Å². The average Bonchev–Trinajstić information content (AvgIpc) is 2.85. The highest BCUT2D eigenvalue weighted by Gasteiger charge is 2.21. The van der Waals surface area contributed by atoms with Crippen molar-refractivity contribution in [1.82, 2.24) is 0 Å². The second kappa shape index (κ2) is 5.88. The summed E-state index contributed by atoms with van der Waals surface area (Å²) in [5.41, 5.74) is 5.75. The molecule has 1 aliphatic heterocycles. The van der Waals surface area contributed by atoms with Gasteiger partial charge in [-0.25, -0.2) is 9.18 Å². The van der Waals surface area contributed by atoms with E-state index in [2.05, 4.69) is 0 Å². The van der Waals surface area contributed by atoms with Crippen molar-refractivity contribution in [2.24, 2.45) is 0 Å². The van der Waals surface area contributed by atoms with Gasteiger partial charge in [0.1, 0.15) is 6.10 Å². The third-order valence-corrected chi connectivity index (χ3v) is 2.78. The molecule has 6 heteroatoms. The van der Waals surface area contributed by atoms with Crippen LogP contribution in [0.15, 0.2) is 12.1 Å². The number of nitrogens with two attached hydrogens (primary N) is 1. The molecule has 1 heterocycles. The van der Waals surface area contributed by atoms with Gasteiger partial charge in [0.15, 0.2) is 11.6 Å². The van der Waals surface area contributed by atoms with Crippen LogP contribution >= 0.6 is 0 Å². The first-order chi connectivity index (χ1) is 9.11. The van der Waals surface area contributed by atoms with Crippen LogP contribution in [-0.2, 0) is 9.47 Å². The molecule has 0 radical (unpaired) electrons. The second-order valence-corrected chi connectivity index (χ2v) is 4.19. The zero-order valence-corrected chi connectivity index (χ0v) is 10.6. The minimum atomic E-state index is -0.600. The first kappa shape index (κ1) is 13.6. The Balaban J connectivity index is 2.22. The number of anilines is 1. The van der Waals surface area contributed by atoms with E-state index in [1.165, 1.54) is 6.07 Å². The van der Waals surface area contributed by atoms with Crippen molar-refractivity contribution in [2.75, 3.05) is 25.6 Å². The summed E-state index contributed by atoms with van der Waals surface area (Å²) in [6, 6.07) is 2.35. The molecule has 1 saturated heterocycles. The van der Waals surface area contributed by atoms with Crippen LogP contribution in [0.4, 0.5) is 10.1 Å². The number of ether oxygens (including phenoxy) is 3. The molecular formula is C13H16FNO4. The summed E-state index contributed by atoms with van der Waals surface area (Å²) in [6.45, 7) is 2.91. The number of carbonyl (C=O) groups is 1. The van der Waals surface area contributed by atoms with E-state index in [-0.39, 0.29) is 29.7 Å². The van der Waals surface area contributed by atoms with Crippen molar-refractivity contribution in [2.45, 2.75) is 19.4 Å². The number of halogens is 1. The van der Waals surface area contributed by atoms with Gasteiger partial charge < -0.3 is 19.9 Å². The molecular weight excluding hydrogens is 253 g/mol. The van der Waals surface area contributed by atoms with Crippen molar-refractivity contribution >= 4 is 11.7 Å². The van der Waals surface area contributed by atoms with Gasteiger partial charge >= 0.3 is 5.97 Å². The predicted molar refractivity (Wildman–Crippen MR) is 66.6 cm³/mol. The Morgan fingerprint density at radius 1 is 1.58 bits per heavy atom. The van der Waals surface area contributed by atoms with E-state index in [0.29, 0.717) is 19.6 Å². The largest absolute Gasteiger partial charge is 0.485 e. The Morgan fingerprint density at radius 2 is 2.37 bits per heavy atom. The summed E-state index contributed by atoms with van der Waals surface area (Å²) in [4.78, 5) is 11.7. The van der Waals surface area contributed by atoms with Crippen molar-refractivity contribution < 1.29 is 23.4 Å². The van der Waals surface area contributed by atoms with Crippen LogP contribution in [-0.4, -0.2) is 31.9 Å². The number of carbonyl (C=O) groups excluding carboxylic acids is 1. The van der Waals surface area contributed by atoms with Crippen LogP contribution < -0.4 is 10.5 Å². The Morgan fingerprint density at radius 3 is 3.00 bits per heavy atom. The van der Waals surface area contributed by atoms with Gasteiger partial charge in [0.25, 0.3) is 0 Å². The van der Waals surface area contributed by atoms with Crippen molar-refractivity contribution in [3.8, 4) is 5.75 Å². The van der Waals surface area contributed by atoms with E-state index in [0.717, 1.165) is 6.07 Å². The molecule has 1 aliphatic rings. The van der Waals surface area contributed by atoms with Crippen LogP contribution in [0.2, 0.25) is 0 Å². The zero-order chi connectivity index (χ0) is 13.8. The maximum Gasteiger partial charge on any atom is 0.340 e. The minimum absolute atomic E-state index is 0.00671. The fourth-order valence-electron chi connectivity index (χ4n) is 1.83. The molecule has 104 valence electrons. The van der Waals surface area contributed by atoms with Gasteiger partial charge in [0, 0.05) is 18.2 Å². The molecule has 1 atom stereocenters. The van der Waals surface area contributed by atoms with E-state index in [9.17, 15) is 9.18 Å². The van der Waals surface area contributed by atoms with Gasteiger partial charge in [-0.05, 0) is 13.0 Å². The predicted octanol–water partition coefficient (Wildman–Crippen LogP) is 1.75. The zero-order valence-electron chi connectivity index (χ0n) is 10.6. The molecule has 0 saturated carbocycles. The fourth-order valence-corrected chi connectivity index (χ4v) is 1.83. The molecule has 0 amide bonds. The highest BCUT2D eigenvalue weighted by atomic mass is 19.1. The van der Waals surface area contributed by atoms with E-state index in [1.807, 2.05) is 0 Å². The van der Waals surface area contributed by atoms with Crippen LogP contribution in [0, 0.1) is 5.82 Å². The average molecular weight is 269 g/mol. The fraction of sp³-hybridized carbons (Fsp3) is 0.462. The first-order valence-corrected chi connectivity index (χ1v) is 6.12. The summed E-state index contributed by atoms with van der Waals surface area (Å²) in [7, 11) is 0. The lowest BCUT2D eigenvalue weighted by Crippen LogP contribution is -2.17. The normalized spacial score (nSPS) is 18.3. The van der Waals surface area contributed by atoms with Gasteiger partial charge in [0.05, 0.1) is 25.4 Å². The number of hydrogen-bond donors (Lipinski definition) is 1. The Labute approximate surface area is 110 Å². The van der Waals surface area contributed by atoms with Crippen molar-refractivity contribution in [1.29, 1.82) is 0 Å². The second-order valence-electron chi connectivity index (χ2n) is 4.19. The molecule has 1 aromatic carbocycles. The molecule has 19 heavy (non-hydrogen) atoms. The lowest BCUT2D eigenvalue weighted by Gasteiger charge is -2.14. The third kappa shape index (κ3) is 3.14. The van der Waals surface area contributed by atoms with Crippen LogP contribution in [0.1, 0.15) is 23.7 Å². The molecule has 1 unspecified atom stereocenters. The van der Waals surface area contributed by atoms with E-state index in [1.54, 1.807) is 6.92 Å². The van der Waals surface area contributed by atoms with Crippen molar-refractivity contribution in [3.63, 3.8) is 0 Å². The molecule has 1 fully saturated rings. The Bertz CT molecular complexity index is 472. The lowest BCUT2D eigenvalue weighted by molar-refractivity contribution is 0.0526. The van der Waals surface area contributed by atoms with Crippen LogP contribution in [0.5, 0.6) is 5.75 Å². The maximum absolute atomic E-state index is 13.7. The SMILES string of the molecule is CCOC(=O)c1cc(OC2CCOC2)c(F)cc1N. The number of benzene rings is 1. The summed E-state index contributed by atoms with van der Waals surface area (Å²) >= 11 is 0.